The molecule has 0 saturated carbocycles. The Bertz CT molecular complexity index is 813. The molecular formula is C15H11F3N4. The van der Waals surface area contributed by atoms with Gasteiger partial charge in [-0.2, -0.15) is 13.2 Å². The molecule has 112 valence electrons. The largest absolute Gasteiger partial charge is 0.416 e. The molecule has 0 amide bonds. The molecule has 1 aromatic carbocycles. The summed E-state index contributed by atoms with van der Waals surface area (Å²) >= 11 is 0. The Hall–Kier alpha value is -2.54. The van der Waals surface area contributed by atoms with Crippen LogP contribution in [-0.4, -0.2) is 15.0 Å². The predicted octanol–water partition coefficient (Wildman–Crippen LogP) is 3.17. The molecule has 2 N–H and O–H groups in total. The van der Waals surface area contributed by atoms with Crippen molar-refractivity contribution in [2.75, 3.05) is 0 Å². The van der Waals surface area contributed by atoms with E-state index in [1.54, 1.807) is 18.3 Å². The lowest BCUT2D eigenvalue weighted by atomic mass is 10.1. The molecule has 22 heavy (non-hydrogen) atoms. The van der Waals surface area contributed by atoms with Crippen molar-refractivity contribution in [3.8, 4) is 11.3 Å². The third kappa shape index (κ3) is 2.62. The zero-order valence-corrected chi connectivity index (χ0v) is 11.3. The van der Waals surface area contributed by atoms with E-state index < -0.39 is 11.7 Å². The number of halogens is 3. The van der Waals surface area contributed by atoms with Gasteiger partial charge in [0.05, 0.1) is 17.8 Å². The van der Waals surface area contributed by atoms with Crippen molar-refractivity contribution >= 4 is 11.0 Å². The van der Waals surface area contributed by atoms with Crippen molar-refractivity contribution in [3.63, 3.8) is 0 Å². The summed E-state index contributed by atoms with van der Waals surface area (Å²) in [5.41, 5.74) is 6.41. The molecule has 0 unspecified atom stereocenters. The quantitative estimate of drug-likeness (QED) is 0.790. The first-order valence-electron chi connectivity index (χ1n) is 6.48. The van der Waals surface area contributed by atoms with Gasteiger partial charge in [0.2, 0.25) is 0 Å². The van der Waals surface area contributed by atoms with Crippen molar-refractivity contribution < 1.29 is 13.2 Å². The van der Waals surface area contributed by atoms with Gasteiger partial charge in [-0.25, -0.2) is 15.0 Å². The summed E-state index contributed by atoms with van der Waals surface area (Å²) < 4.78 is 37.9. The Labute approximate surface area is 123 Å². The number of hydrogen-bond donors (Lipinski definition) is 1. The summed E-state index contributed by atoms with van der Waals surface area (Å²) in [7, 11) is 0. The number of nitrogens with zero attached hydrogens (tertiary/aromatic N) is 3. The highest BCUT2D eigenvalue weighted by Crippen LogP contribution is 2.32. The lowest BCUT2D eigenvalue weighted by molar-refractivity contribution is -0.137. The maximum absolute atomic E-state index is 12.6. The standard InChI is InChI=1S/C15H11F3N4/c16-15(17,18)10-5-3-9(4-6-10)13-11-2-1-7-20-14(11)22-12(8-19)21-13/h1-7H,8,19H2. The van der Waals surface area contributed by atoms with Crippen LogP contribution in [0, 0.1) is 0 Å². The fraction of sp³-hybridized carbons (Fsp3) is 0.133. The van der Waals surface area contributed by atoms with Crippen molar-refractivity contribution in [3.05, 3.63) is 54.0 Å². The Morgan fingerprint density at radius 3 is 2.36 bits per heavy atom. The predicted molar refractivity (Wildman–Crippen MR) is 75.7 cm³/mol. The van der Waals surface area contributed by atoms with Gasteiger partial charge in [-0.1, -0.05) is 12.1 Å². The van der Waals surface area contributed by atoms with Crippen molar-refractivity contribution in [2.45, 2.75) is 12.7 Å². The molecule has 4 nitrogen and oxygen atoms in total. The Morgan fingerprint density at radius 2 is 1.73 bits per heavy atom. The van der Waals surface area contributed by atoms with Gasteiger partial charge in [0.1, 0.15) is 5.82 Å². The maximum atomic E-state index is 12.6. The zero-order chi connectivity index (χ0) is 15.7. The molecule has 0 atom stereocenters. The van der Waals surface area contributed by atoms with E-state index in [-0.39, 0.29) is 6.54 Å². The van der Waals surface area contributed by atoms with Crippen LogP contribution in [-0.2, 0) is 12.7 Å². The highest BCUT2D eigenvalue weighted by molar-refractivity contribution is 5.90. The molecule has 0 aliphatic heterocycles. The van der Waals surface area contributed by atoms with E-state index in [0.717, 1.165) is 12.1 Å². The fourth-order valence-corrected chi connectivity index (χ4v) is 2.14. The van der Waals surface area contributed by atoms with E-state index in [9.17, 15) is 13.2 Å². The van der Waals surface area contributed by atoms with Crippen LogP contribution in [0.25, 0.3) is 22.3 Å². The van der Waals surface area contributed by atoms with Crippen LogP contribution < -0.4 is 5.73 Å². The fourth-order valence-electron chi connectivity index (χ4n) is 2.14. The molecule has 2 heterocycles. The van der Waals surface area contributed by atoms with Gasteiger partial charge < -0.3 is 5.73 Å². The lowest BCUT2D eigenvalue weighted by Gasteiger charge is -2.09. The number of fused-ring (bicyclic) bond motifs is 1. The van der Waals surface area contributed by atoms with E-state index in [2.05, 4.69) is 15.0 Å². The summed E-state index contributed by atoms with van der Waals surface area (Å²) in [4.78, 5) is 12.7. The second-order valence-electron chi connectivity index (χ2n) is 4.64. The molecule has 2 aromatic heterocycles. The average Bonchev–Trinajstić information content (AvgIpc) is 2.53. The van der Waals surface area contributed by atoms with Crippen LogP contribution in [0.2, 0.25) is 0 Å². The second kappa shape index (κ2) is 5.34. The van der Waals surface area contributed by atoms with Gasteiger partial charge in [-0.3, -0.25) is 0 Å². The summed E-state index contributed by atoms with van der Waals surface area (Å²) in [5.74, 6) is 0.390. The topological polar surface area (TPSA) is 64.7 Å². The van der Waals surface area contributed by atoms with E-state index in [1.807, 2.05) is 0 Å². The van der Waals surface area contributed by atoms with Crippen molar-refractivity contribution in [1.29, 1.82) is 0 Å². The number of pyridine rings is 1. The van der Waals surface area contributed by atoms with Crippen LogP contribution in [0.15, 0.2) is 42.6 Å². The van der Waals surface area contributed by atoms with Gasteiger partial charge in [0, 0.05) is 17.1 Å². The van der Waals surface area contributed by atoms with E-state index in [0.29, 0.717) is 28.1 Å². The normalized spacial score (nSPS) is 11.8. The molecule has 0 saturated heterocycles. The SMILES string of the molecule is NCc1nc(-c2ccc(C(F)(F)F)cc2)c2cccnc2n1. The first kappa shape index (κ1) is 14.4. The zero-order valence-electron chi connectivity index (χ0n) is 11.3. The summed E-state index contributed by atoms with van der Waals surface area (Å²) in [6.07, 6.45) is -2.78. The Morgan fingerprint density at radius 1 is 1.00 bits per heavy atom. The molecule has 0 aliphatic carbocycles. The number of hydrogen-bond acceptors (Lipinski definition) is 4. The lowest BCUT2D eigenvalue weighted by Crippen LogP contribution is -2.06. The molecule has 0 fully saturated rings. The molecule has 0 aliphatic rings. The third-order valence-corrected chi connectivity index (χ3v) is 3.19. The summed E-state index contributed by atoms with van der Waals surface area (Å²) in [6.45, 7) is 0.125. The van der Waals surface area contributed by atoms with Gasteiger partial charge in [-0.15, -0.1) is 0 Å². The molecule has 0 radical (unpaired) electrons. The van der Waals surface area contributed by atoms with Gasteiger partial charge in [0.15, 0.2) is 5.65 Å². The minimum Gasteiger partial charge on any atom is -0.324 e. The summed E-state index contributed by atoms with van der Waals surface area (Å²) in [5, 5.41) is 0.666. The molecule has 0 bridgehead atoms. The Balaban J connectivity index is 2.17. The minimum absolute atomic E-state index is 0.125. The third-order valence-electron chi connectivity index (χ3n) is 3.19. The molecule has 3 aromatic rings. The van der Waals surface area contributed by atoms with Crippen LogP contribution in [0.4, 0.5) is 13.2 Å². The van der Waals surface area contributed by atoms with Gasteiger partial charge >= 0.3 is 6.18 Å². The highest BCUT2D eigenvalue weighted by Gasteiger charge is 2.30. The van der Waals surface area contributed by atoms with Crippen molar-refractivity contribution in [2.24, 2.45) is 5.73 Å². The van der Waals surface area contributed by atoms with Crippen LogP contribution in [0.5, 0.6) is 0 Å². The van der Waals surface area contributed by atoms with E-state index in [1.165, 1.54) is 12.1 Å². The van der Waals surface area contributed by atoms with Gasteiger partial charge in [0.25, 0.3) is 0 Å². The van der Waals surface area contributed by atoms with E-state index in [4.69, 9.17) is 5.73 Å². The monoisotopic (exact) mass is 304 g/mol. The number of alkyl halides is 3. The number of rotatable bonds is 2. The Kier molecular flexibility index (Phi) is 3.50. The molecule has 7 heteroatoms. The minimum atomic E-state index is -4.36. The molecule has 3 rings (SSSR count). The first-order valence-corrected chi connectivity index (χ1v) is 6.48. The van der Waals surface area contributed by atoms with Crippen LogP contribution in [0.3, 0.4) is 0 Å². The molecule has 0 spiro atoms. The number of aromatic nitrogens is 3. The first-order chi connectivity index (χ1) is 10.5. The number of nitrogens with two attached hydrogens (primary N) is 1. The van der Waals surface area contributed by atoms with Gasteiger partial charge in [-0.05, 0) is 24.3 Å². The van der Waals surface area contributed by atoms with E-state index >= 15 is 0 Å². The average molecular weight is 304 g/mol. The second-order valence-corrected chi connectivity index (χ2v) is 4.64. The highest BCUT2D eigenvalue weighted by atomic mass is 19.4. The smallest absolute Gasteiger partial charge is 0.324 e. The molecular weight excluding hydrogens is 293 g/mol. The summed E-state index contributed by atoms with van der Waals surface area (Å²) in [6, 6.07) is 8.33. The van der Waals surface area contributed by atoms with Crippen molar-refractivity contribution in [1.82, 2.24) is 15.0 Å². The maximum Gasteiger partial charge on any atom is 0.416 e. The number of benzene rings is 1. The van der Waals surface area contributed by atoms with Crippen LogP contribution >= 0.6 is 0 Å². The van der Waals surface area contributed by atoms with Crippen LogP contribution in [0.1, 0.15) is 11.4 Å².